The number of nitrogens with zero attached hydrogens (tertiary/aromatic N) is 5. The second-order valence-corrected chi connectivity index (χ2v) is 7.14. The van der Waals surface area contributed by atoms with Gasteiger partial charge in [0.05, 0.1) is 30.2 Å². The van der Waals surface area contributed by atoms with Gasteiger partial charge in [-0.25, -0.2) is 4.68 Å². The van der Waals surface area contributed by atoms with E-state index in [0.29, 0.717) is 12.5 Å². The zero-order valence-electron chi connectivity index (χ0n) is 11.4. The first-order chi connectivity index (χ1) is 10.3. The summed E-state index contributed by atoms with van der Waals surface area (Å²) in [4.78, 5) is 14.3. The van der Waals surface area contributed by atoms with E-state index in [4.69, 9.17) is 0 Å². The summed E-state index contributed by atoms with van der Waals surface area (Å²) >= 11 is 3.10. The van der Waals surface area contributed by atoms with E-state index < -0.39 is 0 Å². The second kappa shape index (κ2) is 5.42. The van der Waals surface area contributed by atoms with Crippen LogP contribution in [0.15, 0.2) is 17.1 Å². The van der Waals surface area contributed by atoms with E-state index in [1.54, 1.807) is 16.9 Å². The van der Waals surface area contributed by atoms with Crippen LogP contribution in [0.1, 0.15) is 11.3 Å². The highest BCUT2D eigenvalue weighted by Gasteiger charge is 2.29. The minimum atomic E-state index is 0.0324. The lowest BCUT2D eigenvalue weighted by atomic mass is 10.0. The summed E-state index contributed by atoms with van der Waals surface area (Å²) in [5, 5.41) is 4.57. The van der Waals surface area contributed by atoms with Crippen LogP contribution < -0.4 is 10.5 Å². The van der Waals surface area contributed by atoms with Crippen molar-refractivity contribution in [2.75, 3.05) is 23.7 Å². The Labute approximate surface area is 130 Å². The Bertz CT molecular complexity index is 693. The first-order valence-electron chi connectivity index (χ1n) is 7.00. The van der Waals surface area contributed by atoms with E-state index in [9.17, 15) is 4.79 Å². The van der Waals surface area contributed by atoms with Gasteiger partial charge in [0.15, 0.2) is 5.82 Å². The summed E-state index contributed by atoms with van der Waals surface area (Å²) in [6.45, 7) is 2.55. The van der Waals surface area contributed by atoms with Crippen LogP contribution in [0, 0.1) is 5.92 Å². The minimum absolute atomic E-state index is 0.0324. The molecule has 0 atom stereocenters. The molecule has 0 aromatic carbocycles. The predicted octanol–water partition coefficient (Wildman–Crippen LogP) is 1.02. The number of hydrogen-bond acceptors (Lipinski definition) is 7. The molecule has 2 aliphatic rings. The third kappa shape index (κ3) is 2.57. The summed E-state index contributed by atoms with van der Waals surface area (Å²) in [7, 11) is 0. The summed E-state index contributed by atoms with van der Waals surface area (Å²) < 4.78 is 9.89. The molecule has 2 aromatic heterocycles. The minimum Gasteiger partial charge on any atom is -0.354 e. The summed E-state index contributed by atoms with van der Waals surface area (Å²) in [6.07, 6.45) is 2.77. The van der Waals surface area contributed by atoms with Gasteiger partial charge in [-0.3, -0.25) is 4.79 Å². The zero-order chi connectivity index (χ0) is 14.2. The topological polar surface area (TPSA) is 63.9 Å². The Balaban J connectivity index is 1.45. The summed E-state index contributed by atoms with van der Waals surface area (Å²) in [5.74, 6) is 3.44. The van der Waals surface area contributed by atoms with Gasteiger partial charge in [0.25, 0.3) is 5.56 Å². The smallest absolute Gasteiger partial charge is 0.267 e. The fourth-order valence-electron chi connectivity index (χ4n) is 2.80. The predicted molar refractivity (Wildman–Crippen MR) is 84.0 cm³/mol. The molecule has 0 amide bonds. The van der Waals surface area contributed by atoms with Crippen LogP contribution in [0.2, 0.25) is 0 Å². The number of fused-ring (bicyclic) bond motifs is 1. The van der Waals surface area contributed by atoms with Crippen molar-refractivity contribution < 1.29 is 0 Å². The van der Waals surface area contributed by atoms with Crippen molar-refractivity contribution in [1.82, 2.24) is 18.5 Å². The Morgan fingerprint density at radius 3 is 3.10 bits per heavy atom. The standard InChI is InChI=1S/C13H15N5OS2/c19-13-3-10-8-20-2-1-11(10)15-18(13)7-9-5-17(6-9)12-4-14-21-16-12/h3-4,9H,1-2,5-8H2. The second-order valence-electron chi connectivity index (χ2n) is 5.48. The molecular weight excluding hydrogens is 306 g/mol. The van der Waals surface area contributed by atoms with Gasteiger partial charge in [0.1, 0.15) is 0 Å². The molecule has 1 fully saturated rings. The Morgan fingerprint density at radius 2 is 2.29 bits per heavy atom. The highest BCUT2D eigenvalue weighted by Crippen LogP contribution is 2.24. The monoisotopic (exact) mass is 321 g/mol. The van der Waals surface area contributed by atoms with Crippen molar-refractivity contribution in [2.24, 2.45) is 5.92 Å². The largest absolute Gasteiger partial charge is 0.354 e. The Kier molecular flexibility index (Phi) is 3.42. The number of thioether (sulfide) groups is 1. The van der Waals surface area contributed by atoms with Crippen molar-refractivity contribution in [3.63, 3.8) is 0 Å². The third-order valence-corrected chi connectivity index (χ3v) is 5.44. The quantitative estimate of drug-likeness (QED) is 0.841. The summed E-state index contributed by atoms with van der Waals surface area (Å²) in [6, 6.07) is 1.77. The van der Waals surface area contributed by atoms with E-state index in [1.807, 2.05) is 11.8 Å². The number of aromatic nitrogens is 4. The third-order valence-electron chi connectivity index (χ3n) is 3.97. The lowest BCUT2D eigenvalue weighted by molar-refractivity contribution is 0.331. The molecule has 21 heavy (non-hydrogen) atoms. The molecule has 2 aromatic rings. The van der Waals surface area contributed by atoms with E-state index in [0.717, 1.165) is 48.1 Å². The van der Waals surface area contributed by atoms with Gasteiger partial charge in [-0.1, -0.05) is 0 Å². The molecule has 4 heterocycles. The normalized spacial score (nSPS) is 18.4. The van der Waals surface area contributed by atoms with Gasteiger partial charge < -0.3 is 4.90 Å². The van der Waals surface area contributed by atoms with Crippen LogP contribution in [0.5, 0.6) is 0 Å². The molecule has 8 heteroatoms. The molecule has 110 valence electrons. The van der Waals surface area contributed by atoms with Crippen molar-refractivity contribution in [2.45, 2.75) is 18.7 Å². The van der Waals surface area contributed by atoms with E-state index >= 15 is 0 Å². The molecule has 0 bridgehead atoms. The maximum absolute atomic E-state index is 12.1. The molecule has 2 aliphatic heterocycles. The van der Waals surface area contributed by atoms with E-state index in [2.05, 4.69) is 18.7 Å². The van der Waals surface area contributed by atoms with Gasteiger partial charge in [-0.05, 0) is 11.3 Å². The average molecular weight is 321 g/mol. The molecule has 0 radical (unpaired) electrons. The number of aryl methyl sites for hydroxylation is 1. The van der Waals surface area contributed by atoms with Gasteiger partial charge in [0.2, 0.25) is 0 Å². The number of hydrogen-bond donors (Lipinski definition) is 0. The lowest BCUT2D eigenvalue weighted by Crippen LogP contribution is -2.50. The molecule has 1 saturated heterocycles. The van der Waals surface area contributed by atoms with Gasteiger partial charge in [0, 0.05) is 37.2 Å². The van der Waals surface area contributed by atoms with Crippen LogP contribution in [0.25, 0.3) is 0 Å². The highest BCUT2D eigenvalue weighted by molar-refractivity contribution is 7.98. The van der Waals surface area contributed by atoms with Crippen LogP contribution in [-0.4, -0.2) is 37.4 Å². The fraction of sp³-hybridized carbons (Fsp3) is 0.538. The van der Waals surface area contributed by atoms with Crippen LogP contribution in [-0.2, 0) is 18.7 Å². The molecule has 0 unspecified atom stereocenters. The van der Waals surface area contributed by atoms with Crippen molar-refractivity contribution in [3.05, 3.63) is 33.9 Å². The highest BCUT2D eigenvalue weighted by atomic mass is 32.2. The van der Waals surface area contributed by atoms with Crippen LogP contribution >= 0.6 is 23.5 Å². The van der Waals surface area contributed by atoms with Crippen molar-refractivity contribution in [1.29, 1.82) is 0 Å². The Morgan fingerprint density at radius 1 is 1.38 bits per heavy atom. The molecular formula is C13H15N5OS2. The fourth-order valence-corrected chi connectivity index (χ4v) is 4.19. The van der Waals surface area contributed by atoms with Crippen LogP contribution in [0.3, 0.4) is 0 Å². The number of rotatable bonds is 3. The Hall–Kier alpha value is -1.41. The summed E-state index contributed by atoms with van der Waals surface area (Å²) in [5.41, 5.74) is 2.26. The van der Waals surface area contributed by atoms with E-state index in [-0.39, 0.29) is 5.56 Å². The maximum atomic E-state index is 12.1. The van der Waals surface area contributed by atoms with Gasteiger partial charge >= 0.3 is 0 Å². The molecule has 0 spiro atoms. The lowest BCUT2D eigenvalue weighted by Gasteiger charge is -2.39. The maximum Gasteiger partial charge on any atom is 0.267 e. The van der Waals surface area contributed by atoms with Crippen molar-refractivity contribution in [3.8, 4) is 0 Å². The first kappa shape index (κ1) is 13.3. The molecule has 4 rings (SSSR count). The zero-order valence-corrected chi connectivity index (χ0v) is 13.1. The van der Waals surface area contributed by atoms with Gasteiger partial charge in [-0.2, -0.15) is 25.6 Å². The molecule has 0 saturated carbocycles. The van der Waals surface area contributed by atoms with Crippen LogP contribution in [0.4, 0.5) is 5.82 Å². The molecule has 0 aliphatic carbocycles. The molecule has 0 N–H and O–H groups in total. The van der Waals surface area contributed by atoms with Gasteiger partial charge in [-0.15, -0.1) is 0 Å². The molecule has 6 nitrogen and oxygen atoms in total. The number of anilines is 1. The first-order valence-corrected chi connectivity index (χ1v) is 8.88. The average Bonchev–Trinajstić information content (AvgIpc) is 2.96. The van der Waals surface area contributed by atoms with E-state index in [1.165, 1.54) is 11.7 Å². The van der Waals surface area contributed by atoms with Crippen molar-refractivity contribution >= 4 is 29.3 Å². The SMILES string of the molecule is O=c1cc2c(nn1CC1CN(c3cnsn3)C1)CCSC2.